The topological polar surface area (TPSA) is 83.4 Å². The number of hydrazine groups is 1. The summed E-state index contributed by atoms with van der Waals surface area (Å²) in [7, 11) is 0. The van der Waals surface area contributed by atoms with E-state index in [1.54, 1.807) is 6.92 Å². The summed E-state index contributed by atoms with van der Waals surface area (Å²) in [5.41, 5.74) is 2.80. The Kier molecular flexibility index (Phi) is 3.89. The predicted octanol–water partition coefficient (Wildman–Crippen LogP) is 0.00330. The monoisotopic (exact) mass is 274 g/mol. The predicted molar refractivity (Wildman–Crippen MR) is 66.4 cm³/mol. The lowest BCUT2D eigenvalue weighted by molar-refractivity contribution is -0.139. The van der Waals surface area contributed by atoms with Crippen molar-refractivity contribution in [1.29, 1.82) is 0 Å². The fourth-order valence-electron chi connectivity index (χ4n) is 1.14. The minimum atomic E-state index is -0.320. The van der Waals surface area contributed by atoms with Crippen molar-refractivity contribution in [3.05, 3.63) is 0 Å². The number of ether oxygens (including phenoxy) is 1. The van der Waals surface area contributed by atoms with E-state index in [9.17, 15) is 9.59 Å². The van der Waals surface area contributed by atoms with Crippen molar-refractivity contribution in [2.24, 2.45) is 10.2 Å². The third kappa shape index (κ3) is 2.91. The van der Waals surface area contributed by atoms with Crippen molar-refractivity contribution >= 4 is 45.7 Å². The third-order valence-corrected chi connectivity index (χ3v) is 3.57. The lowest BCUT2D eigenvalue weighted by atomic mass is 10.7. The molecule has 0 saturated carbocycles. The van der Waals surface area contributed by atoms with Gasteiger partial charge >= 0.3 is 5.97 Å². The standard InChI is InChI=1S/C8H10N4O3S2/c1-2-15-6(14)4-16-7-9-10-8-12(11-7)5(13)3-17-8/h2-4H2,1H3,(H,9,11). The summed E-state index contributed by atoms with van der Waals surface area (Å²) < 4.78 is 4.78. The van der Waals surface area contributed by atoms with E-state index in [1.165, 1.54) is 16.8 Å². The van der Waals surface area contributed by atoms with Crippen LogP contribution in [0.1, 0.15) is 6.92 Å². The molecule has 0 spiro atoms. The smallest absolute Gasteiger partial charge is 0.316 e. The Labute approximate surface area is 106 Å². The minimum Gasteiger partial charge on any atom is -0.465 e. The molecule has 9 heteroatoms. The van der Waals surface area contributed by atoms with E-state index in [4.69, 9.17) is 4.74 Å². The Morgan fingerprint density at radius 2 is 2.47 bits per heavy atom. The molecule has 0 aromatic heterocycles. The second-order valence-electron chi connectivity index (χ2n) is 3.01. The maximum atomic E-state index is 11.4. The molecular formula is C8H10N4O3S2. The zero-order valence-electron chi connectivity index (χ0n) is 9.00. The Morgan fingerprint density at radius 1 is 1.65 bits per heavy atom. The fourth-order valence-corrected chi connectivity index (χ4v) is 2.49. The number of nitrogens with zero attached hydrogens (tertiary/aromatic N) is 3. The highest BCUT2D eigenvalue weighted by molar-refractivity contribution is 8.15. The molecule has 2 heterocycles. The highest BCUT2D eigenvalue weighted by atomic mass is 32.2. The van der Waals surface area contributed by atoms with Gasteiger partial charge < -0.3 is 4.74 Å². The van der Waals surface area contributed by atoms with Gasteiger partial charge in [0, 0.05) is 0 Å². The summed E-state index contributed by atoms with van der Waals surface area (Å²) in [4.78, 5) is 22.5. The molecule has 92 valence electrons. The van der Waals surface area contributed by atoms with E-state index in [2.05, 4.69) is 15.6 Å². The largest absolute Gasteiger partial charge is 0.465 e. The molecule has 2 rings (SSSR count). The number of amidine groups is 2. The summed E-state index contributed by atoms with van der Waals surface area (Å²) in [6, 6.07) is 0. The number of hydrogen-bond acceptors (Lipinski definition) is 8. The van der Waals surface area contributed by atoms with Crippen molar-refractivity contribution in [2.45, 2.75) is 6.92 Å². The summed E-state index contributed by atoms with van der Waals surface area (Å²) in [5, 5.41) is 10.0. The maximum absolute atomic E-state index is 11.4. The highest BCUT2D eigenvalue weighted by Gasteiger charge is 2.31. The Hall–Kier alpha value is -1.22. The molecule has 0 unspecified atom stereocenters. The van der Waals surface area contributed by atoms with Crippen LogP contribution in [0.25, 0.3) is 0 Å². The van der Waals surface area contributed by atoms with Gasteiger partial charge in [-0.25, -0.2) is 0 Å². The van der Waals surface area contributed by atoms with E-state index in [1.807, 2.05) is 0 Å². The molecule has 2 aliphatic heterocycles. The zero-order valence-corrected chi connectivity index (χ0v) is 10.6. The first-order valence-electron chi connectivity index (χ1n) is 4.87. The molecular weight excluding hydrogens is 264 g/mol. The lowest BCUT2D eigenvalue weighted by Crippen LogP contribution is -2.46. The normalized spacial score (nSPS) is 18.2. The maximum Gasteiger partial charge on any atom is 0.316 e. The van der Waals surface area contributed by atoms with Crippen LogP contribution in [0.2, 0.25) is 0 Å². The number of carbonyl (C=O) groups excluding carboxylic acids is 2. The number of fused-ring (bicyclic) bond motifs is 1. The van der Waals surface area contributed by atoms with Gasteiger partial charge in [-0.1, -0.05) is 23.5 Å². The van der Waals surface area contributed by atoms with Gasteiger partial charge in [0.1, 0.15) is 0 Å². The molecule has 0 radical (unpaired) electrons. The Balaban J connectivity index is 1.88. The van der Waals surface area contributed by atoms with Gasteiger partial charge in [0.15, 0.2) is 0 Å². The van der Waals surface area contributed by atoms with Crippen LogP contribution in [0, 0.1) is 0 Å². The first-order chi connectivity index (χ1) is 8.20. The minimum absolute atomic E-state index is 0.0714. The van der Waals surface area contributed by atoms with Crippen LogP contribution in [0.5, 0.6) is 0 Å². The third-order valence-electron chi connectivity index (χ3n) is 1.83. The van der Waals surface area contributed by atoms with Crippen LogP contribution >= 0.6 is 23.5 Å². The molecule has 7 nitrogen and oxygen atoms in total. The Morgan fingerprint density at radius 3 is 3.24 bits per heavy atom. The van der Waals surface area contributed by atoms with E-state index in [0.717, 1.165) is 11.8 Å². The van der Waals surface area contributed by atoms with E-state index in [0.29, 0.717) is 22.7 Å². The fraction of sp³-hybridized carbons (Fsp3) is 0.500. The molecule has 0 bridgehead atoms. The van der Waals surface area contributed by atoms with Crippen LogP contribution in [-0.2, 0) is 14.3 Å². The van der Waals surface area contributed by atoms with Crippen LogP contribution in [-0.4, -0.2) is 45.3 Å². The van der Waals surface area contributed by atoms with Crippen LogP contribution in [0.4, 0.5) is 0 Å². The summed E-state index contributed by atoms with van der Waals surface area (Å²) in [6.45, 7) is 2.10. The average Bonchev–Trinajstić information content (AvgIpc) is 2.69. The molecule has 1 amide bonds. The molecule has 1 N–H and O–H groups in total. The number of thioether (sulfide) groups is 2. The van der Waals surface area contributed by atoms with E-state index in [-0.39, 0.29) is 17.6 Å². The highest BCUT2D eigenvalue weighted by Crippen LogP contribution is 2.21. The molecule has 0 atom stereocenters. The summed E-state index contributed by atoms with van der Waals surface area (Å²) in [6.07, 6.45) is 0. The van der Waals surface area contributed by atoms with Gasteiger partial charge in [-0.15, -0.1) is 10.2 Å². The zero-order chi connectivity index (χ0) is 12.3. The van der Waals surface area contributed by atoms with Gasteiger partial charge in [0.25, 0.3) is 5.91 Å². The first kappa shape index (κ1) is 12.2. The molecule has 0 aromatic rings. The number of hydrogen-bond donors (Lipinski definition) is 1. The van der Waals surface area contributed by atoms with Crippen LogP contribution < -0.4 is 5.43 Å². The quantitative estimate of drug-likeness (QED) is 0.730. The van der Waals surface area contributed by atoms with Gasteiger partial charge in [-0.3, -0.25) is 15.0 Å². The molecule has 17 heavy (non-hydrogen) atoms. The van der Waals surface area contributed by atoms with Gasteiger partial charge in [-0.05, 0) is 6.92 Å². The van der Waals surface area contributed by atoms with Gasteiger partial charge in [0.2, 0.25) is 10.3 Å². The molecule has 0 aromatic carbocycles. The van der Waals surface area contributed by atoms with Crippen molar-refractivity contribution in [2.75, 3.05) is 18.1 Å². The summed E-state index contributed by atoms with van der Waals surface area (Å²) >= 11 is 2.48. The van der Waals surface area contributed by atoms with Crippen LogP contribution in [0.15, 0.2) is 10.2 Å². The molecule has 2 aliphatic rings. The number of esters is 1. The number of rotatable bonds is 3. The molecule has 0 aliphatic carbocycles. The van der Waals surface area contributed by atoms with Crippen molar-refractivity contribution in [3.8, 4) is 0 Å². The Bertz CT molecular complexity index is 410. The van der Waals surface area contributed by atoms with Gasteiger partial charge in [-0.2, -0.15) is 5.01 Å². The number of amides is 1. The molecule has 1 fully saturated rings. The number of carbonyl (C=O) groups is 2. The van der Waals surface area contributed by atoms with E-state index >= 15 is 0 Å². The summed E-state index contributed by atoms with van der Waals surface area (Å²) in [5.74, 6) is 0.105. The second-order valence-corrected chi connectivity index (χ2v) is 4.92. The second kappa shape index (κ2) is 5.41. The van der Waals surface area contributed by atoms with Crippen molar-refractivity contribution in [1.82, 2.24) is 10.4 Å². The van der Waals surface area contributed by atoms with Crippen LogP contribution in [0.3, 0.4) is 0 Å². The van der Waals surface area contributed by atoms with Crippen molar-refractivity contribution in [3.63, 3.8) is 0 Å². The SMILES string of the molecule is CCOC(=O)CSC1=NN=C2SCC(=O)N2N1. The van der Waals surface area contributed by atoms with Gasteiger partial charge in [0.05, 0.1) is 18.1 Å². The van der Waals surface area contributed by atoms with E-state index < -0.39 is 0 Å². The van der Waals surface area contributed by atoms with Crippen molar-refractivity contribution < 1.29 is 14.3 Å². The number of nitrogens with one attached hydrogen (secondary N) is 1. The first-order valence-corrected chi connectivity index (χ1v) is 6.84. The average molecular weight is 274 g/mol. The molecule has 1 saturated heterocycles. The lowest BCUT2D eigenvalue weighted by Gasteiger charge is -2.20.